The predicted octanol–water partition coefficient (Wildman–Crippen LogP) is 4.21. The molecule has 0 saturated heterocycles. The average Bonchev–Trinajstić information content (AvgIpc) is 3.52. The van der Waals surface area contributed by atoms with Crippen molar-refractivity contribution >= 4 is 11.8 Å². The van der Waals surface area contributed by atoms with Crippen LogP contribution in [0.25, 0.3) is 0 Å². The van der Waals surface area contributed by atoms with Gasteiger partial charge in [0.25, 0.3) is 0 Å². The lowest BCUT2D eigenvalue weighted by atomic mass is 9.69. The number of hydrogen-bond donors (Lipinski definition) is 2. The van der Waals surface area contributed by atoms with Crippen LogP contribution in [0.15, 0.2) is 35.9 Å². The van der Waals surface area contributed by atoms with E-state index >= 15 is 0 Å². The Morgan fingerprint density at radius 3 is 2.45 bits per heavy atom. The maximum Gasteiger partial charge on any atom is 0.223 e. The molecule has 0 heterocycles. The van der Waals surface area contributed by atoms with E-state index in [9.17, 15) is 14.0 Å². The number of nitrogens with one attached hydrogen (secondary N) is 2. The Morgan fingerprint density at radius 2 is 1.83 bits per heavy atom. The summed E-state index contributed by atoms with van der Waals surface area (Å²) < 4.78 is 13.0. The van der Waals surface area contributed by atoms with Crippen LogP contribution in [0.5, 0.6) is 0 Å². The van der Waals surface area contributed by atoms with Crippen molar-refractivity contribution in [2.75, 3.05) is 6.54 Å². The van der Waals surface area contributed by atoms with Crippen molar-refractivity contribution in [2.45, 2.75) is 53.0 Å². The topological polar surface area (TPSA) is 58.2 Å². The number of carbonyl (C=O) groups excluding carboxylic acids is 2. The fourth-order valence-electron chi connectivity index (χ4n) is 4.31. The summed E-state index contributed by atoms with van der Waals surface area (Å²) in [5.41, 5.74) is 2.13. The Labute approximate surface area is 173 Å². The molecule has 1 saturated carbocycles. The van der Waals surface area contributed by atoms with Gasteiger partial charge in [-0.15, -0.1) is 0 Å². The Bertz CT molecular complexity index is 753. The minimum atomic E-state index is -0.273. The van der Waals surface area contributed by atoms with E-state index in [1.165, 1.54) is 17.7 Å². The summed E-state index contributed by atoms with van der Waals surface area (Å²) in [4.78, 5) is 24.5. The molecule has 4 nitrogen and oxygen atoms in total. The standard InChI is InChI=1S/C24H33FN2O2/c1-15(2)22-11-19(12-23(28)26-13-17-4-8-21(25)9-5-17)16(3)10-20(22)14-27-24(29)18-6-7-18/h4-5,8-10,15,18-20,22H,6-7,11-14H2,1-3H3,(H,26,28)(H,27,29). The third-order valence-corrected chi connectivity index (χ3v) is 6.38. The molecule has 3 unspecified atom stereocenters. The molecule has 0 bridgehead atoms. The summed E-state index contributed by atoms with van der Waals surface area (Å²) in [5.74, 6) is 1.68. The Hall–Kier alpha value is -2.17. The quantitative estimate of drug-likeness (QED) is 0.642. The molecular weight excluding hydrogens is 367 g/mol. The maximum absolute atomic E-state index is 13.0. The first-order valence-corrected chi connectivity index (χ1v) is 10.8. The summed E-state index contributed by atoms with van der Waals surface area (Å²) in [5, 5.41) is 6.08. The lowest BCUT2D eigenvalue weighted by molar-refractivity contribution is -0.122. The first kappa shape index (κ1) is 21.5. The predicted molar refractivity (Wildman–Crippen MR) is 112 cm³/mol. The molecule has 0 aromatic heterocycles. The van der Waals surface area contributed by atoms with E-state index in [4.69, 9.17) is 0 Å². The van der Waals surface area contributed by atoms with Crippen LogP contribution in [0.3, 0.4) is 0 Å². The Morgan fingerprint density at radius 1 is 1.14 bits per heavy atom. The number of carbonyl (C=O) groups is 2. The zero-order valence-electron chi connectivity index (χ0n) is 17.7. The van der Waals surface area contributed by atoms with Crippen LogP contribution in [0.4, 0.5) is 4.39 Å². The highest BCUT2D eigenvalue weighted by Crippen LogP contribution is 2.39. The summed E-state index contributed by atoms with van der Waals surface area (Å²) in [6.45, 7) is 7.66. The third kappa shape index (κ3) is 6.15. The Balaban J connectivity index is 1.54. The summed E-state index contributed by atoms with van der Waals surface area (Å²) >= 11 is 0. The number of amides is 2. The molecule has 1 aromatic rings. The van der Waals surface area contributed by atoms with Gasteiger partial charge in [0.1, 0.15) is 5.82 Å². The molecule has 0 radical (unpaired) electrons. The lowest BCUT2D eigenvalue weighted by Crippen LogP contribution is -2.38. The van der Waals surface area contributed by atoms with Crippen LogP contribution in [-0.2, 0) is 16.1 Å². The molecule has 5 heteroatoms. The third-order valence-electron chi connectivity index (χ3n) is 6.38. The van der Waals surface area contributed by atoms with Gasteiger partial charge in [0.05, 0.1) is 0 Å². The zero-order chi connectivity index (χ0) is 21.0. The van der Waals surface area contributed by atoms with Crippen LogP contribution in [0.2, 0.25) is 0 Å². The number of benzene rings is 1. The number of halogens is 1. The molecule has 3 atom stereocenters. The van der Waals surface area contributed by atoms with Crippen LogP contribution in [-0.4, -0.2) is 18.4 Å². The maximum atomic E-state index is 13.0. The van der Waals surface area contributed by atoms with Gasteiger partial charge in [-0.3, -0.25) is 9.59 Å². The summed E-state index contributed by atoms with van der Waals surface area (Å²) in [6.07, 6.45) is 5.75. The van der Waals surface area contributed by atoms with Gasteiger partial charge in [-0.1, -0.05) is 37.6 Å². The lowest BCUT2D eigenvalue weighted by Gasteiger charge is -2.37. The minimum absolute atomic E-state index is 0.0232. The molecular formula is C24H33FN2O2. The van der Waals surface area contributed by atoms with Crippen molar-refractivity contribution in [1.29, 1.82) is 0 Å². The summed E-state index contributed by atoms with van der Waals surface area (Å²) in [6, 6.07) is 6.20. The normalized spacial score (nSPS) is 24.2. The second-order valence-electron chi connectivity index (χ2n) is 9.04. The van der Waals surface area contributed by atoms with Crippen molar-refractivity contribution in [3.05, 3.63) is 47.3 Å². The molecule has 3 rings (SSSR count). The first-order chi connectivity index (χ1) is 13.8. The molecule has 1 fully saturated rings. The summed E-state index contributed by atoms with van der Waals surface area (Å²) in [7, 11) is 0. The highest BCUT2D eigenvalue weighted by atomic mass is 19.1. The fourth-order valence-corrected chi connectivity index (χ4v) is 4.31. The number of allylic oxidation sites excluding steroid dienone is 1. The smallest absolute Gasteiger partial charge is 0.223 e. The minimum Gasteiger partial charge on any atom is -0.355 e. The van der Waals surface area contributed by atoms with Gasteiger partial charge < -0.3 is 10.6 Å². The van der Waals surface area contributed by atoms with Gasteiger partial charge >= 0.3 is 0 Å². The van der Waals surface area contributed by atoms with Gasteiger partial charge in [-0.05, 0) is 67.6 Å². The highest BCUT2D eigenvalue weighted by molar-refractivity contribution is 5.80. The van der Waals surface area contributed by atoms with Crippen LogP contribution < -0.4 is 10.6 Å². The SMILES string of the molecule is CC1=CC(CNC(=O)C2CC2)C(C(C)C)CC1CC(=O)NCc1ccc(F)cc1. The van der Waals surface area contributed by atoms with Crippen LogP contribution in [0.1, 0.15) is 52.0 Å². The van der Waals surface area contributed by atoms with E-state index in [2.05, 4.69) is 37.5 Å². The first-order valence-electron chi connectivity index (χ1n) is 10.8. The van der Waals surface area contributed by atoms with Gasteiger partial charge in [0, 0.05) is 25.4 Å². The van der Waals surface area contributed by atoms with Gasteiger partial charge in [-0.2, -0.15) is 0 Å². The Kier molecular flexibility index (Phi) is 7.09. The van der Waals surface area contributed by atoms with Crippen molar-refractivity contribution in [3.8, 4) is 0 Å². The van der Waals surface area contributed by atoms with Gasteiger partial charge in [0.15, 0.2) is 0 Å². The van der Waals surface area contributed by atoms with Crippen molar-refractivity contribution in [3.63, 3.8) is 0 Å². The molecule has 1 aromatic carbocycles. The largest absolute Gasteiger partial charge is 0.355 e. The highest BCUT2D eigenvalue weighted by Gasteiger charge is 2.34. The van der Waals surface area contributed by atoms with E-state index in [1.54, 1.807) is 12.1 Å². The van der Waals surface area contributed by atoms with E-state index in [0.29, 0.717) is 37.3 Å². The van der Waals surface area contributed by atoms with Crippen molar-refractivity contribution < 1.29 is 14.0 Å². The molecule has 2 N–H and O–H groups in total. The average molecular weight is 401 g/mol. The van der Waals surface area contributed by atoms with E-state index in [1.807, 2.05) is 0 Å². The molecule has 0 spiro atoms. The molecule has 158 valence electrons. The van der Waals surface area contributed by atoms with Gasteiger partial charge in [-0.25, -0.2) is 4.39 Å². The van der Waals surface area contributed by atoms with Gasteiger partial charge in [0.2, 0.25) is 11.8 Å². The second kappa shape index (κ2) is 9.55. The molecule has 2 amide bonds. The number of hydrogen-bond acceptors (Lipinski definition) is 2. The molecule has 2 aliphatic rings. The van der Waals surface area contributed by atoms with E-state index < -0.39 is 0 Å². The van der Waals surface area contributed by atoms with E-state index in [0.717, 1.165) is 24.8 Å². The van der Waals surface area contributed by atoms with Crippen molar-refractivity contribution in [2.24, 2.45) is 29.6 Å². The molecule has 0 aliphatic heterocycles. The molecule has 2 aliphatic carbocycles. The monoisotopic (exact) mass is 400 g/mol. The zero-order valence-corrected chi connectivity index (χ0v) is 17.7. The van der Waals surface area contributed by atoms with E-state index in [-0.39, 0.29) is 29.5 Å². The molecule has 29 heavy (non-hydrogen) atoms. The van der Waals surface area contributed by atoms with Crippen LogP contribution in [0, 0.1) is 35.4 Å². The van der Waals surface area contributed by atoms with Crippen molar-refractivity contribution in [1.82, 2.24) is 10.6 Å². The second-order valence-corrected chi connectivity index (χ2v) is 9.04. The van der Waals surface area contributed by atoms with Crippen LogP contribution >= 0.6 is 0 Å². The fraction of sp³-hybridized carbons (Fsp3) is 0.583. The number of rotatable bonds is 8.